The summed E-state index contributed by atoms with van der Waals surface area (Å²) in [4.78, 5) is 6.47. The van der Waals surface area contributed by atoms with Gasteiger partial charge in [-0.05, 0) is 25.1 Å². The molecule has 0 saturated heterocycles. The number of hydrogen-bond donors (Lipinski definition) is 2. The third kappa shape index (κ3) is 2.11. The molecule has 5 heteroatoms. The molecule has 0 radical (unpaired) electrons. The van der Waals surface area contributed by atoms with Crippen LogP contribution in [0.4, 0.5) is 5.69 Å². The van der Waals surface area contributed by atoms with Gasteiger partial charge in [0.25, 0.3) is 0 Å². The van der Waals surface area contributed by atoms with Crippen molar-refractivity contribution in [1.29, 1.82) is 5.41 Å². The van der Waals surface area contributed by atoms with Gasteiger partial charge in [-0.1, -0.05) is 11.6 Å². The van der Waals surface area contributed by atoms with Gasteiger partial charge in [-0.15, -0.1) is 0 Å². The minimum absolute atomic E-state index is 0.0229. The van der Waals surface area contributed by atoms with Crippen LogP contribution in [0.25, 0.3) is 10.9 Å². The van der Waals surface area contributed by atoms with Gasteiger partial charge in [-0.2, -0.15) is 0 Å². The van der Waals surface area contributed by atoms with Gasteiger partial charge in [-0.3, -0.25) is 10.4 Å². The maximum atomic E-state index is 7.63. The Morgan fingerprint density at radius 2 is 2.00 bits per heavy atom. The van der Waals surface area contributed by atoms with Crippen molar-refractivity contribution >= 4 is 34.0 Å². The van der Waals surface area contributed by atoms with Gasteiger partial charge in [0, 0.05) is 41.4 Å². The number of pyridine rings is 1. The summed E-state index contributed by atoms with van der Waals surface area (Å²) in [6.45, 7) is 1.92. The summed E-state index contributed by atoms with van der Waals surface area (Å²) in [6, 6.07) is 5.52. The molecule has 94 valence electrons. The average molecular weight is 263 g/mol. The van der Waals surface area contributed by atoms with Crippen LogP contribution in [0.3, 0.4) is 0 Å². The minimum atomic E-state index is -0.0229. The Bertz CT molecular complexity index is 634. The molecule has 0 spiro atoms. The average Bonchev–Trinajstić information content (AvgIpc) is 2.27. The first-order valence-electron chi connectivity index (χ1n) is 5.52. The van der Waals surface area contributed by atoms with Crippen LogP contribution in [-0.2, 0) is 0 Å². The number of anilines is 1. The predicted octanol–water partition coefficient (Wildman–Crippen LogP) is 2.55. The molecule has 0 aliphatic heterocycles. The summed E-state index contributed by atoms with van der Waals surface area (Å²) in [5.74, 6) is -0.0229. The molecule has 18 heavy (non-hydrogen) atoms. The van der Waals surface area contributed by atoms with Crippen molar-refractivity contribution in [2.45, 2.75) is 6.92 Å². The molecule has 3 N–H and O–H groups in total. The van der Waals surface area contributed by atoms with Crippen LogP contribution < -0.4 is 10.6 Å². The number of nitrogen functional groups attached to an aromatic ring is 1. The lowest BCUT2D eigenvalue weighted by Crippen LogP contribution is -2.14. The van der Waals surface area contributed by atoms with Crippen molar-refractivity contribution in [3.63, 3.8) is 0 Å². The lowest BCUT2D eigenvalue weighted by atomic mass is 10.1. The Morgan fingerprint density at radius 3 is 2.56 bits per heavy atom. The number of halogens is 1. The van der Waals surface area contributed by atoms with E-state index in [0.717, 1.165) is 22.3 Å². The van der Waals surface area contributed by atoms with Crippen LogP contribution in [0, 0.1) is 12.3 Å². The second kappa shape index (κ2) is 4.46. The van der Waals surface area contributed by atoms with E-state index in [1.54, 1.807) is 6.07 Å². The van der Waals surface area contributed by atoms with E-state index in [2.05, 4.69) is 4.98 Å². The Hall–Kier alpha value is -1.81. The van der Waals surface area contributed by atoms with Crippen molar-refractivity contribution in [3.8, 4) is 0 Å². The number of amidine groups is 1. The number of nitrogens with two attached hydrogens (primary N) is 1. The van der Waals surface area contributed by atoms with Gasteiger partial charge in [0.15, 0.2) is 0 Å². The zero-order valence-electron chi connectivity index (χ0n) is 10.6. The van der Waals surface area contributed by atoms with Crippen molar-refractivity contribution < 1.29 is 0 Å². The molecule has 2 aromatic rings. The third-order valence-corrected chi connectivity index (χ3v) is 2.97. The van der Waals surface area contributed by atoms with Crippen LogP contribution in [-0.4, -0.2) is 24.9 Å². The first-order valence-corrected chi connectivity index (χ1v) is 5.90. The standard InChI is InChI=1S/C13H15ClN4/c1-7-4-11(18(2)3)9-5-8(14)6-10(13(15)16)12(9)17-7/h4-6H,1-3H3,(H3,15,16). The number of aryl methyl sites for hydroxylation is 1. The molecular formula is C13H15ClN4. The second-order valence-electron chi connectivity index (χ2n) is 4.44. The van der Waals surface area contributed by atoms with E-state index < -0.39 is 0 Å². The van der Waals surface area contributed by atoms with E-state index in [1.165, 1.54) is 0 Å². The summed E-state index contributed by atoms with van der Waals surface area (Å²) in [5.41, 5.74) is 8.79. The van der Waals surface area contributed by atoms with Gasteiger partial charge < -0.3 is 10.6 Å². The van der Waals surface area contributed by atoms with Crippen molar-refractivity contribution in [1.82, 2.24) is 4.98 Å². The SMILES string of the molecule is Cc1cc(N(C)C)c2cc(Cl)cc(C(=N)N)c2n1. The maximum Gasteiger partial charge on any atom is 0.125 e. The molecule has 0 fully saturated rings. The van der Waals surface area contributed by atoms with Crippen LogP contribution >= 0.6 is 11.6 Å². The highest BCUT2D eigenvalue weighted by atomic mass is 35.5. The highest BCUT2D eigenvalue weighted by Crippen LogP contribution is 2.30. The van der Waals surface area contributed by atoms with E-state index in [9.17, 15) is 0 Å². The number of rotatable bonds is 2. The number of fused-ring (bicyclic) bond motifs is 1. The number of aromatic nitrogens is 1. The summed E-state index contributed by atoms with van der Waals surface area (Å²) in [5, 5.41) is 9.09. The molecule has 0 amide bonds. The molecule has 0 aliphatic carbocycles. The van der Waals surface area contributed by atoms with E-state index in [4.69, 9.17) is 22.7 Å². The summed E-state index contributed by atoms with van der Waals surface area (Å²) in [7, 11) is 3.92. The molecule has 4 nitrogen and oxygen atoms in total. The number of hydrogen-bond acceptors (Lipinski definition) is 3. The molecule has 1 aromatic carbocycles. The normalized spacial score (nSPS) is 10.7. The third-order valence-electron chi connectivity index (χ3n) is 2.76. The Kier molecular flexibility index (Phi) is 3.13. The van der Waals surface area contributed by atoms with E-state index >= 15 is 0 Å². The minimum Gasteiger partial charge on any atom is -0.384 e. The van der Waals surface area contributed by atoms with Crippen molar-refractivity contribution in [3.05, 3.63) is 34.5 Å². The van der Waals surface area contributed by atoms with Crippen molar-refractivity contribution in [2.75, 3.05) is 19.0 Å². The van der Waals surface area contributed by atoms with Gasteiger partial charge in [0.1, 0.15) is 5.84 Å². The number of nitrogens with zero attached hydrogens (tertiary/aromatic N) is 2. The molecular weight excluding hydrogens is 248 g/mol. The van der Waals surface area contributed by atoms with Gasteiger partial charge in [0.2, 0.25) is 0 Å². The van der Waals surface area contributed by atoms with Crippen molar-refractivity contribution in [2.24, 2.45) is 5.73 Å². The molecule has 0 unspecified atom stereocenters. The zero-order valence-corrected chi connectivity index (χ0v) is 11.3. The lowest BCUT2D eigenvalue weighted by Gasteiger charge is -2.17. The fourth-order valence-electron chi connectivity index (χ4n) is 1.97. The Labute approximate surface area is 111 Å². The highest BCUT2D eigenvalue weighted by Gasteiger charge is 2.12. The lowest BCUT2D eigenvalue weighted by molar-refractivity contribution is 1.12. The quantitative estimate of drug-likeness (QED) is 0.646. The van der Waals surface area contributed by atoms with E-state index in [1.807, 2.05) is 38.1 Å². The topological polar surface area (TPSA) is 66.0 Å². The molecule has 0 aliphatic rings. The molecule has 1 aromatic heterocycles. The first-order chi connectivity index (χ1) is 8.40. The second-order valence-corrected chi connectivity index (χ2v) is 4.88. The molecule has 2 rings (SSSR count). The fourth-order valence-corrected chi connectivity index (χ4v) is 2.19. The van der Waals surface area contributed by atoms with Gasteiger partial charge in [0.05, 0.1) is 5.52 Å². The smallest absolute Gasteiger partial charge is 0.125 e. The predicted molar refractivity (Wildman–Crippen MR) is 76.8 cm³/mol. The highest BCUT2D eigenvalue weighted by molar-refractivity contribution is 6.32. The largest absolute Gasteiger partial charge is 0.384 e. The molecule has 1 heterocycles. The molecule has 0 bridgehead atoms. The van der Waals surface area contributed by atoms with Crippen LogP contribution in [0.5, 0.6) is 0 Å². The number of nitrogens with one attached hydrogen (secondary N) is 1. The van der Waals surface area contributed by atoms with Gasteiger partial charge in [-0.25, -0.2) is 0 Å². The molecule has 0 saturated carbocycles. The Balaban J connectivity index is 2.94. The van der Waals surface area contributed by atoms with E-state index in [-0.39, 0.29) is 5.84 Å². The number of benzene rings is 1. The summed E-state index contributed by atoms with van der Waals surface area (Å²) >= 11 is 6.09. The summed E-state index contributed by atoms with van der Waals surface area (Å²) < 4.78 is 0. The fraction of sp³-hybridized carbons (Fsp3) is 0.231. The maximum absolute atomic E-state index is 7.63. The van der Waals surface area contributed by atoms with E-state index in [0.29, 0.717) is 10.6 Å². The Morgan fingerprint density at radius 1 is 1.33 bits per heavy atom. The van der Waals surface area contributed by atoms with Crippen LogP contribution in [0.1, 0.15) is 11.3 Å². The first kappa shape index (κ1) is 12.6. The monoisotopic (exact) mass is 262 g/mol. The summed E-state index contributed by atoms with van der Waals surface area (Å²) in [6.07, 6.45) is 0. The zero-order chi connectivity index (χ0) is 13.4. The van der Waals surface area contributed by atoms with Crippen LogP contribution in [0.2, 0.25) is 5.02 Å². The van der Waals surface area contributed by atoms with Gasteiger partial charge >= 0.3 is 0 Å². The molecule has 0 atom stereocenters. The van der Waals surface area contributed by atoms with Crippen LogP contribution in [0.15, 0.2) is 18.2 Å².